The minimum absolute atomic E-state index is 0.285. The van der Waals surface area contributed by atoms with Crippen molar-refractivity contribution in [1.29, 1.82) is 0 Å². The highest BCUT2D eigenvalue weighted by molar-refractivity contribution is 7.10. The Hall–Kier alpha value is -0.890. The number of hydrogen-bond acceptors (Lipinski definition) is 2. The van der Waals surface area contributed by atoms with Crippen LogP contribution in [-0.2, 0) is 0 Å². The van der Waals surface area contributed by atoms with Gasteiger partial charge in [0.05, 0.1) is 0 Å². The van der Waals surface area contributed by atoms with Gasteiger partial charge < -0.3 is 0 Å². The van der Waals surface area contributed by atoms with Crippen LogP contribution in [0.15, 0.2) is 23.1 Å². The first-order valence-electron chi connectivity index (χ1n) is 5.52. The number of allylic oxidation sites excluding steroid dienone is 2. The van der Waals surface area contributed by atoms with E-state index in [-0.39, 0.29) is 5.78 Å². The first kappa shape index (κ1) is 10.6. The molecule has 0 unspecified atom stereocenters. The smallest absolute Gasteiger partial charge is 0.167 e. The summed E-state index contributed by atoms with van der Waals surface area (Å²) >= 11 is 1.65. The molecular weight excluding hydrogens is 204 g/mol. The number of thiophene rings is 1. The summed E-state index contributed by atoms with van der Waals surface area (Å²) in [6, 6.07) is 2.00. The second-order valence-electron chi connectivity index (χ2n) is 4.15. The molecule has 0 aliphatic heterocycles. The Bertz CT molecular complexity index is 387. The Balaban J connectivity index is 2.00. The fraction of sp³-hybridized carbons (Fsp3) is 0.462. The second-order valence-corrected chi connectivity index (χ2v) is 5.27. The number of ketones is 1. The summed E-state index contributed by atoms with van der Waals surface area (Å²) in [5, 5.41) is 1.97. The monoisotopic (exact) mass is 220 g/mol. The minimum atomic E-state index is 0.285. The maximum Gasteiger partial charge on any atom is 0.167 e. The van der Waals surface area contributed by atoms with Gasteiger partial charge in [0.1, 0.15) is 0 Å². The van der Waals surface area contributed by atoms with E-state index in [1.165, 1.54) is 23.3 Å². The third-order valence-electron chi connectivity index (χ3n) is 2.83. The van der Waals surface area contributed by atoms with Crippen molar-refractivity contribution in [3.8, 4) is 0 Å². The zero-order valence-electron chi connectivity index (χ0n) is 9.08. The number of rotatable bonds is 3. The lowest BCUT2D eigenvalue weighted by Gasteiger charge is -2.11. The fourth-order valence-corrected chi connectivity index (χ4v) is 2.67. The standard InChI is InChI=1S/C13H16OS/c1-10-7-12(9-15-10)13(14)8-11-5-3-2-4-6-11/h5,7,9H,2-4,6,8H2,1H3. The summed E-state index contributed by atoms with van der Waals surface area (Å²) < 4.78 is 0. The first-order chi connectivity index (χ1) is 7.25. The van der Waals surface area contributed by atoms with Crippen LogP contribution >= 0.6 is 11.3 Å². The Morgan fingerprint density at radius 2 is 2.33 bits per heavy atom. The molecule has 0 amide bonds. The van der Waals surface area contributed by atoms with Crippen LogP contribution in [0.1, 0.15) is 47.3 Å². The van der Waals surface area contributed by atoms with E-state index in [1.807, 2.05) is 18.4 Å². The highest BCUT2D eigenvalue weighted by Gasteiger charge is 2.11. The third-order valence-corrected chi connectivity index (χ3v) is 3.69. The highest BCUT2D eigenvalue weighted by atomic mass is 32.1. The van der Waals surface area contributed by atoms with Gasteiger partial charge >= 0.3 is 0 Å². The molecule has 1 aliphatic rings. The van der Waals surface area contributed by atoms with Gasteiger partial charge in [-0.25, -0.2) is 0 Å². The molecule has 1 heterocycles. The second kappa shape index (κ2) is 4.75. The van der Waals surface area contributed by atoms with Crippen LogP contribution < -0.4 is 0 Å². The normalized spacial score (nSPS) is 16.2. The van der Waals surface area contributed by atoms with Crippen LogP contribution in [0.25, 0.3) is 0 Å². The Labute approximate surface area is 94.8 Å². The summed E-state index contributed by atoms with van der Waals surface area (Å²) in [5.74, 6) is 0.285. The topological polar surface area (TPSA) is 17.1 Å². The van der Waals surface area contributed by atoms with Crippen LogP contribution in [0.4, 0.5) is 0 Å². The molecule has 1 aromatic rings. The molecule has 15 heavy (non-hydrogen) atoms. The number of carbonyl (C=O) groups is 1. The quantitative estimate of drug-likeness (QED) is 0.553. The predicted molar refractivity (Wildman–Crippen MR) is 64.6 cm³/mol. The van der Waals surface area contributed by atoms with E-state index in [4.69, 9.17) is 0 Å². The van der Waals surface area contributed by atoms with Crippen molar-refractivity contribution in [1.82, 2.24) is 0 Å². The van der Waals surface area contributed by atoms with Crippen molar-refractivity contribution in [2.45, 2.75) is 39.0 Å². The molecule has 0 radical (unpaired) electrons. The molecule has 0 N–H and O–H groups in total. The van der Waals surface area contributed by atoms with Gasteiger partial charge in [-0.2, -0.15) is 0 Å². The van der Waals surface area contributed by atoms with Crippen molar-refractivity contribution in [2.75, 3.05) is 0 Å². The van der Waals surface area contributed by atoms with Gasteiger partial charge in [-0.1, -0.05) is 11.6 Å². The molecule has 0 bridgehead atoms. The van der Waals surface area contributed by atoms with Gasteiger partial charge in [-0.05, 0) is 38.7 Å². The van der Waals surface area contributed by atoms with Crippen LogP contribution in [-0.4, -0.2) is 5.78 Å². The van der Waals surface area contributed by atoms with Crippen molar-refractivity contribution in [3.05, 3.63) is 33.5 Å². The number of hydrogen-bond donors (Lipinski definition) is 0. The molecule has 0 saturated carbocycles. The van der Waals surface area contributed by atoms with Gasteiger partial charge in [0.25, 0.3) is 0 Å². The number of carbonyl (C=O) groups excluding carboxylic acids is 1. The molecule has 2 rings (SSSR count). The molecule has 0 saturated heterocycles. The van der Waals surface area contributed by atoms with Gasteiger partial charge in [0, 0.05) is 22.2 Å². The van der Waals surface area contributed by atoms with Crippen molar-refractivity contribution >= 4 is 17.1 Å². The van der Waals surface area contributed by atoms with Crippen LogP contribution in [0.2, 0.25) is 0 Å². The van der Waals surface area contributed by atoms with E-state index >= 15 is 0 Å². The summed E-state index contributed by atoms with van der Waals surface area (Å²) in [6.45, 7) is 2.04. The van der Waals surface area contributed by atoms with Gasteiger partial charge in [0.2, 0.25) is 0 Å². The highest BCUT2D eigenvalue weighted by Crippen LogP contribution is 2.23. The molecule has 0 spiro atoms. The van der Waals surface area contributed by atoms with Crippen molar-refractivity contribution in [2.24, 2.45) is 0 Å². The van der Waals surface area contributed by atoms with Gasteiger partial charge in [-0.3, -0.25) is 4.79 Å². The average molecular weight is 220 g/mol. The molecule has 80 valence electrons. The summed E-state index contributed by atoms with van der Waals surface area (Å²) in [6.07, 6.45) is 7.70. The molecule has 1 aliphatic carbocycles. The van der Waals surface area contributed by atoms with E-state index in [1.54, 1.807) is 11.3 Å². The van der Waals surface area contributed by atoms with E-state index in [9.17, 15) is 4.79 Å². The summed E-state index contributed by atoms with van der Waals surface area (Å²) in [7, 11) is 0. The van der Waals surface area contributed by atoms with Crippen LogP contribution in [0, 0.1) is 6.92 Å². The molecule has 0 atom stereocenters. The Kier molecular flexibility index (Phi) is 3.37. The summed E-state index contributed by atoms with van der Waals surface area (Å²) in [5.41, 5.74) is 2.24. The van der Waals surface area contributed by atoms with Crippen LogP contribution in [0.3, 0.4) is 0 Å². The lowest BCUT2D eigenvalue weighted by atomic mass is 9.94. The largest absolute Gasteiger partial charge is 0.294 e. The lowest BCUT2D eigenvalue weighted by Crippen LogP contribution is -2.01. The van der Waals surface area contributed by atoms with E-state index < -0.39 is 0 Å². The summed E-state index contributed by atoms with van der Waals surface area (Å²) in [4.78, 5) is 13.1. The van der Waals surface area contributed by atoms with Gasteiger partial charge in [0.15, 0.2) is 5.78 Å². The van der Waals surface area contributed by atoms with Gasteiger partial charge in [-0.15, -0.1) is 11.3 Å². The molecule has 0 fully saturated rings. The fourth-order valence-electron chi connectivity index (χ4n) is 1.96. The lowest BCUT2D eigenvalue weighted by molar-refractivity contribution is 0.0992. The third kappa shape index (κ3) is 2.78. The van der Waals surface area contributed by atoms with E-state index in [0.29, 0.717) is 6.42 Å². The zero-order valence-corrected chi connectivity index (χ0v) is 9.90. The molecule has 0 aromatic carbocycles. The minimum Gasteiger partial charge on any atom is -0.294 e. The number of aryl methyl sites for hydroxylation is 1. The van der Waals surface area contributed by atoms with Crippen molar-refractivity contribution in [3.63, 3.8) is 0 Å². The number of Topliss-reactive ketones (excluding diaryl/α,β-unsaturated/α-hetero) is 1. The SMILES string of the molecule is Cc1cc(C(=O)CC2=CCCCC2)cs1. The average Bonchev–Trinajstić information content (AvgIpc) is 2.66. The van der Waals surface area contributed by atoms with E-state index in [2.05, 4.69) is 6.08 Å². The Morgan fingerprint density at radius 3 is 2.93 bits per heavy atom. The van der Waals surface area contributed by atoms with Crippen molar-refractivity contribution < 1.29 is 4.79 Å². The van der Waals surface area contributed by atoms with E-state index in [0.717, 1.165) is 18.4 Å². The predicted octanol–water partition coefficient (Wildman–Crippen LogP) is 4.13. The molecular formula is C13H16OS. The zero-order chi connectivity index (χ0) is 10.7. The molecule has 1 nitrogen and oxygen atoms in total. The van der Waals surface area contributed by atoms with Crippen LogP contribution in [0.5, 0.6) is 0 Å². The molecule has 1 aromatic heterocycles. The Morgan fingerprint density at radius 1 is 1.47 bits per heavy atom. The maximum atomic E-state index is 11.9. The maximum absolute atomic E-state index is 11.9. The molecule has 2 heteroatoms. The first-order valence-corrected chi connectivity index (χ1v) is 6.40.